The highest BCUT2D eigenvalue weighted by Gasteiger charge is 2.29. The first-order valence-electron chi connectivity index (χ1n) is 10.3. The number of hydrogen-bond donors (Lipinski definition) is 1. The Kier molecular flexibility index (Phi) is 5.60. The van der Waals surface area contributed by atoms with E-state index in [1.807, 2.05) is 21.7 Å². The molecule has 4 heterocycles. The number of likely N-dealkylation sites (tertiary alicyclic amines) is 1. The first-order valence-corrected chi connectivity index (χ1v) is 11.2. The standard InChI is InChI=1S/C22H27N5O2S/c1-13(2)27-20-17(12-24-27)16(11-18(25-20)19-6-5-14(3)30-19)22(29)26-9-7-15(8-10-26)21(28)23-4/h5-6,11-13,15H,7-10H2,1-4H3,(H,23,28). The van der Waals surface area contributed by atoms with E-state index in [0.717, 1.165) is 21.6 Å². The molecule has 7 nitrogen and oxygen atoms in total. The van der Waals surface area contributed by atoms with Gasteiger partial charge in [0, 0.05) is 37.0 Å². The van der Waals surface area contributed by atoms with Gasteiger partial charge in [-0.25, -0.2) is 9.67 Å². The van der Waals surface area contributed by atoms with Crippen molar-refractivity contribution in [1.82, 2.24) is 25.0 Å². The molecule has 3 aromatic heterocycles. The van der Waals surface area contributed by atoms with E-state index in [-0.39, 0.29) is 23.8 Å². The van der Waals surface area contributed by atoms with Gasteiger partial charge in [-0.15, -0.1) is 11.3 Å². The molecule has 0 saturated carbocycles. The molecular formula is C22H27N5O2S. The smallest absolute Gasteiger partial charge is 0.254 e. The van der Waals surface area contributed by atoms with Crippen LogP contribution in [0.1, 0.15) is 48.0 Å². The van der Waals surface area contributed by atoms with Crippen LogP contribution in [0.25, 0.3) is 21.6 Å². The van der Waals surface area contributed by atoms with Gasteiger partial charge in [0.15, 0.2) is 5.65 Å². The van der Waals surface area contributed by atoms with E-state index in [4.69, 9.17) is 4.98 Å². The van der Waals surface area contributed by atoms with Crippen molar-refractivity contribution >= 4 is 34.2 Å². The van der Waals surface area contributed by atoms with Crippen LogP contribution < -0.4 is 5.32 Å². The van der Waals surface area contributed by atoms with Crippen molar-refractivity contribution in [3.8, 4) is 10.6 Å². The van der Waals surface area contributed by atoms with Gasteiger partial charge in [-0.1, -0.05) is 0 Å². The number of amides is 2. The van der Waals surface area contributed by atoms with E-state index in [2.05, 4.69) is 37.3 Å². The molecular weight excluding hydrogens is 398 g/mol. The van der Waals surface area contributed by atoms with Crippen LogP contribution in [0.4, 0.5) is 0 Å². The number of carbonyl (C=O) groups excluding carboxylic acids is 2. The van der Waals surface area contributed by atoms with E-state index >= 15 is 0 Å². The molecule has 2 amide bonds. The van der Waals surface area contributed by atoms with Crippen molar-refractivity contribution in [1.29, 1.82) is 0 Å². The highest BCUT2D eigenvalue weighted by Crippen LogP contribution is 2.31. The number of thiophene rings is 1. The topological polar surface area (TPSA) is 80.1 Å². The van der Waals surface area contributed by atoms with Gasteiger partial charge in [0.05, 0.1) is 27.7 Å². The van der Waals surface area contributed by atoms with E-state index < -0.39 is 0 Å². The Morgan fingerprint density at radius 3 is 2.57 bits per heavy atom. The van der Waals surface area contributed by atoms with E-state index in [1.165, 1.54) is 4.88 Å². The van der Waals surface area contributed by atoms with Crippen molar-refractivity contribution in [2.45, 2.75) is 39.7 Å². The fourth-order valence-corrected chi connectivity index (χ4v) is 4.82. The van der Waals surface area contributed by atoms with E-state index in [9.17, 15) is 9.59 Å². The minimum Gasteiger partial charge on any atom is -0.359 e. The van der Waals surface area contributed by atoms with Crippen LogP contribution in [-0.2, 0) is 4.79 Å². The van der Waals surface area contributed by atoms with Gasteiger partial charge in [-0.3, -0.25) is 9.59 Å². The Morgan fingerprint density at radius 2 is 1.97 bits per heavy atom. The summed E-state index contributed by atoms with van der Waals surface area (Å²) in [5.74, 6) is 0.0161. The molecule has 0 aromatic carbocycles. The van der Waals surface area contributed by atoms with Crippen molar-refractivity contribution in [3.63, 3.8) is 0 Å². The number of nitrogens with one attached hydrogen (secondary N) is 1. The van der Waals surface area contributed by atoms with Gasteiger partial charge < -0.3 is 10.2 Å². The maximum Gasteiger partial charge on any atom is 0.254 e. The lowest BCUT2D eigenvalue weighted by Crippen LogP contribution is -2.42. The zero-order valence-electron chi connectivity index (χ0n) is 17.8. The Hall–Kier alpha value is -2.74. The molecule has 4 rings (SSSR count). The van der Waals surface area contributed by atoms with Crippen LogP contribution in [0.2, 0.25) is 0 Å². The number of hydrogen-bond acceptors (Lipinski definition) is 5. The van der Waals surface area contributed by atoms with Crippen LogP contribution >= 0.6 is 11.3 Å². The number of piperidine rings is 1. The van der Waals surface area contributed by atoms with Crippen LogP contribution in [0.5, 0.6) is 0 Å². The van der Waals surface area contributed by atoms with Gasteiger partial charge in [0.2, 0.25) is 5.91 Å². The second kappa shape index (κ2) is 8.18. The molecule has 0 radical (unpaired) electrons. The number of fused-ring (bicyclic) bond motifs is 1. The molecule has 0 bridgehead atoms. The zero-order valence-corrected chi connectivity index (χ0v) is 18.6. The summed E-state index contributed by atoms with van der Waals surface area (Å²) >= 11 is 1.67. The van der Waals surface area contributed by atoms with Gasteiger partial charge in [0.1, 0.15) is 0 Å². The minimum atomic E-state index is -0.0233. The molecule has 1 aliphatic heterocycles. The number of aromatic nitrogens is 3. The fourth-order valence-electron chi connectivity index (χ4n) is 3.99. The molecule has 30 heavy (non-hydrogen) atoms. The minimum absolute atomic E-state index is 0.0180. The summed E-state index contributed by atoms with van der Waals surface area (Å²) < 4.78 is 1.87. The van der Waals surface area contributed by atoms with E-state index in [1.54, 1.807) is 24.6 Å². The average Bonchev–Trinajstić information content (AvgIpc) is 3.38. The average molecular weight is 426 g/mol. The molecule has 0 aliphatic carbocycles. The summed E-state index contributed by atoms with van der Waals surface area (Å²) in [6.07, 6.45) is 3.11. The monoisotopic (exact) mass is 425 g/mol. The second-order valence-corrected chi connectivity index (χ2v) is 9.35. The summed E-state index contributed by atoms with van der Waals surface area (Å²) in [6, 6.07) is 6.15. The Balaban J connectivity index is 1.72. The third-order valence-corrected chi connectivity index (χ3v) is 6.70. The molecule has 0 unspecified atom stereocenters. The highest BCUT2D eigenvalue weighted by atomic mass is 32.1. The van der Waals surface area contributed by atoms with Crippen LogP contribution in [0, 0.1) is 12.8 Å². The van der Waals surface area contributed by atoms with Crippen LogP contribution in [-0.4, -0.2) is 51.6 Å². The normalized spacial score (nSPS) is 15.2. The Morgan fingerprint density at radius 1 is 1.23 bits per heavy atom. The van der Waals surface area contributed by atoms with Crippen molar-refractivity contribution < 1.29 is 9.59 Å². The fraction of sp³-hybridized carbons (Fsp3) is 0.455. The Labute approximate surface area is 180 Å². The molecule has 158 valence electrons. The molecule has 3 aromatic rings. The number of rotatable bonds is 4. The first-order chi connectivity index (χ1) is 14.4. The third-order valence-electron chi connectivity index (χ3n) is 5.68. The zero-order chi connectivity index (χ0) is 21.4. The van der Waals surface area contributed by atoms with Crippen molar-refractivity contribution in [2.24, 2.45) is 5.92 Å². The molecule has 0 atom stereocenters. The predicted octanol–water partition coefficient (Wildman–Crippen LogP) is 3.65. The van der Waals surface area contributed by atoms with Crippen molar-refractivity contribution in [3.05, 3.63) is 34.8 Å². The highest BCUT2D eigenvalue weighted by molar-refractivity contribution is 7.15. The quantitative estimate of drug-likeness (QED) is 0.692. The SMILES string of the molecule is CNC(=O)C1CCN(C(=O)c2cc(-c3ccc(C)s3)nc3c2cnn3C(C)C)CC1. The lowest BCUT2D eigenvalue weighted by molar-refractivity contribution is -0.125. The summed E-state index contributed by atoms with van der Waals surface area (Å²) in [7, 11) is 1.66. The maximum absolute atomic E-state index is 13.5. The van der Waals surface area contributed by atoms with Gasteiger partial charge >= 0.3 is 0 Å². The molecule has 1 aliphatic rings. The lowest BCUT2D eigenvalue weighted by Gasteiger charge is -2.31. The van der Waals surface area contributed by atoms with E-state index in [0.29, 0.717) is 31.5 Å². The molecule has 8 heteroatoms. The van der Waals surface area contributed by atoms with Crippen LogP contribution in [0.15, 0.2) is 24.4 Å². The van der Waals surface area contributed by atoms with Crippen molar-refractivity contribution in [2.75, 3.05) is 20.1 Å². The predicted molar refractivity (Wildman–Crippen MR) is 119 cm³/mol. The largest absolute Gasteiger partial charge is 0.359 e. The molecule has 1 N–H and O–H groups in total. The second-order valence-electron chi connectivity index (χ2n) is 8.07. The number of aryl methyl sites for hydroxylation is 1. The molecule has 1 fully saturated rings. The number of carbonyl (C=O) groups is 2. The van der Waals surface area contributed by atoms with Gasteiger partial charge in [-0.2, -0.15) is 5.10 Å². The Bertz CT molecular complexity index is 1090. The summed E-state index contributed by atoms with van der Waals surface area (Å²) in [5.41, 5.74) is 2.16. The number of nitrogens with zero attached hydrogens (tertiary/aromatic N) is 4. The lowest BCUT2D eigenvalue weighted by atomic mass is 9.95. The van der Waals surface area contributed by atoms with Gasteiger partial charge in [-0.05, 0) is 51.8 Å². The molecule has 1 saturated heterocycles. The summed E-state index contributed by atoms with van der Waals surface area (Å²) in [5, 5.41) is 8.00. The summed E-state index contributed by atoms with van der Waals surface area (Å²) in [4.78, 5) is 34.4. The molecule has 0 spiro atoms. The maximum atomic E-state index is 13.5. The summed E-state index contributed by atoms with van der Waals surface area (Å²) in [6.45, 7) is 7.33. The van der Waals surface area contributed by atoms with Gasteiger partial charge in [0.25, 0.3) is 5.91 Å². The first kappa shape index (κ1) is 20.5. The third kappa shape index (κ3) is 3.71. The van der Waals surface area contributed by atoms with Crippen LogP contribution in [0.3, 0.4) is 0 Å². The number of pyridine rings is 1.